The molecule has 1 aromatic carbocycles. The molecule has 1 fully saturated rings. The van der Waals surface area contributed by atoms with E-state index < -0.39 is 0 Å². The third kappa shape index (κ3) is 4.50. The summed E-state index contributed by atoms with van der Waals surface area (Å²) in [7, 11) is 0. The zero-order valence-corrected chi connectivity index (χ0v) is 11.7. The van der Waals surface area contributed by atoms with E-state index in [0.29, 0.717) is 16.0 Å². The Labute approximate surface area is 114 Å². The van der Waals surface area contributed by atoms with E-state index in [-0.39, 0.29) is 0 Å². The third-order valence-electron chi connectivity index (χ3n) is 3.24. The van der Waals surface area contributed by atoms with Crippen molar-refractivity contribution in [1.29, 1.82) is 0 Å². The Balaban J connectivity index is 1.73. The summed E-state index contributed by atoms with van der Waals surface area (Å²) in [6.45, 7) is 3.43. The van der Waals surface area contributed by atoms with Crippen LogP contribution in [0.1, 0.15) is 31.7 Å². The Hall–Kier alpha value is -0.240. The highest BCUT2D eigenvalue weighted by atomic mass is 35.5. The lowest BCUT2D eigenvalue weighted by atomic mass is 10.0. The molecule has 1 aliphatic carbocycles. The Morgan fingerprint density at radius 2 is 2.06 bits per heavy atom. The van der Waals surface area contributed by atoms with Crippen LogP contribution in [0.15, 0.2) is 18.2 Å². The third-order valence-corrected chi connectivity index (χ3v) is 3.98. The SMILES string of the molecule is CC(CCc1ccc(Cl)c(Cl)c1)CNC1CC1. The van der Waals surface area contributed by atoms with Gasteiger partial charge in [0.2, 0.25) is 0 Å². The molecule has 1 unspecified atom stereocenters. The molecule has 0 amide bonds. The first-order valence-corrected chi connectivity index (χ1v) is 7.08. The van der Waals surface area contributed by atoms with Gasteiger partial charge in [0.05, 0.1) is 10.0 Å². The molecular formula is C14H19Cl2N. The molecule has 1 aromatic rings. The lowest BCUT2D eigenvalue weighted by Crippen LogP contribution is -2.23. The maximum absolute atomic E-state index is 6.00. The van der Waals surface area contributed by atoms with Gasteiger partial charge in [-0.05, 0) is 55.8 Å². The molecule has 1 N–H and O–H groups in total. The van der Waals surface area contributed by atoms with Crippen molar-refractivity contribution in [2.24, 2.45) is 5.92 Å². The maximum Gasteiger partial charge on any atom is 0.0595 e. The van der Waals surface area contributed by atoms with Crippen molar-refractivity contribution >= 4 is 23.2 Å². The topological polar surface area (TPSA) is 12.0 Å². The van der Waals surface area contributed by atoms with Gasteiger partial charge in [0.1, 0.15) is 0 Å². The molecule has 1 nitrogen and oxygen atoms in total. The van der Waals surface area contributed by atoms with Gasteiger partial charge in [0.25, 0.3) is 0 Å². The average molecular weight is 272 g/mol. The van der Waals surface area contributed by atoms with Crippen molar-refractivity contribution in [2.75, 3.05) is 6.54 Å². The molecule has 0 spiro atoms. The van der Waals surface area contributed by atoms with Crippen LogP contribution in [0.25, 0.3) is 0 Å². The lowest BCUT2D eigenvalue weighted by molar-refractivity contribution is 0.480. The van der Waals surface area contributed by atoms with Crippen LogP contribution in [-0.2, 0) is 6.42 Å². The minimum Gasteiger partial charge on any atom is -0.314 e. The van der Waals surface area contributed by atoms with Gasteiger partial charge < -0.3 is 5.32 Å². The fourth-order valence-corrected chi connectivity index (χ4v) is 2.19. The highest BCUT2D eigenvalue weighted by Crippen LogP contribution is 2.24. The van der Waals surface area contributed by atoms with E-state index >= 15 is 0 Å². The molecule has 17 heavy (non-hydrogen) atoms. The molecule has 3 heteroatoms. The van der Waals surface area contributed by atoms with E-state index in [0.717, 1.165) is 19.0 Å². The minimum atomic E-state index is 0.638. The highest BCUT2D eigenvalue weighted by molar-refractivity contribution is 6.42. The molecule has 2 rings (SSSR count). The van der Waals surface area contributed by atoms with E-state index in [1.807, 2.05) is 12.1 Å². The van der Waals surface area contributed by atoms with E-state index in [1.165, 1.54) is 24.8 Å². The van der Waals surface area contributed by atoms with Gasteiger partial charge in [-0.15, -0.1) is 0 Å². The molecule has 0 aromatic heterocycles. The fourth-order valence-electron chi connectivity index (χ4n) is 1.87. The smallest absolute Gasteiger partial charge is 0.0595 e. The lowest BCUT2D eigenvalue weighted by Gasteiger charge is -2.12. The van der Waals surface area contributed by atoms with Gasteiger partial charge in [0, 0.05) is 6.04 Å². The van der Waals surface area contributed by atoms with Crippen molar-refractivity contribution in [3.05, 3.63) is 33.8 Å². The standard InChI is InChI=1S/C14H19Cl2N/c1-10(9-17-12-5-6-12)2-3-11-4-7-13(15)14(16)8-11/h4,7-8,10,12,17H,2-3,5-6,9H2,1H3. The number of nitrogens with one attached hydrogen (secondary N) is 1. The van der Waals surface area contributed by atoms with E-state index in [2.05, 4.69) is 18.3 Å². The van der Waals surface area contributed by atoms with Gasteiger partial charge >= 0.3 is 0 Å². The normalized spacial score (nSPS) is 17.1. The monoisotopic (exact) mass is 271 g/mol. The predicted molar refractivity (Wildman–Crippen MR) is 75.0 cm³/mol. The second-order valence-corrected chi connectivity index (χ2v) is 5.89. The van der Waals surface area contributed by atoms with Crippen molar-refractivity contribution in [3.8, 4) is 0 Å². The molecule has 0 radical (unpaired) electrons. The summed E-state index contributed by atoms with van der Waals surface area (Å²) >= 11 is 11.9. The van der Waals surface area contributed by atoms with Gasteiger partial charge in [0.15, 0.2) is 0 Å². The second kappa shape index (κ2) is 6.08. The quantitative estimate of drug-likeness (QED) is 0.813. The van der Waals surface area contributed by atoms with Crippen LogP contribution < -0.4 is 5.32 Å². The van der Waals surface area contributed by atoms with Crippen LogP contribution in [0.5, 0.6) is 0 Å². The molecule has 0 aliphatic heterocycles. The molecule has 1 aliphatic rings. The van der Waals surface area contributed by atoms with E-state index in [9.17, 15) is 0 Å². The van der Waals surface area contributed by atoms with Gasteiger partial charge in [-0.25, -0.2) is 0 Å². The van der Waals surface area contributed by atoms with Crippen LogP contribution in [-0.4, -0.2) is 12.6 Å². The first-order chi connectivity index (χ1) is 8.15. The number of benzene rings is 1. The van der Waals surface area contributed by atoms with Gasteiger partial charge in [-0.2, -0.15) is 0 Å². The Morgan fingerprint density at radius 3 is 2.71 bits per heavy atom. The average Bonchev–Trinajstić information content (AvgIpc) is 3.12. The largest absolute Gasteiger partial charge is 0.314 e. The van der Waals surface area contributed by atoms with Crippen LogP contribution in [0.2, 0.25) is 10.0 Å². The molecule has 1 atom stereocenters. The van der Waals surface area contributed by atoms with Crippen LogP contribution in [0, 0.1) is 5.92 Å². The van der Waals surface area contributed by atoms with Crippen molar-refractivity contribution in [3.63, 3.8) is 0 Å². The molecular weight excluding hydrogens is 253 g/mol. The van der Waals surface area contributed by atoms with Crippen LogP contribution in [0.3, 0.4) is 0 Å². The molecule has 94 valence electrons. The van der Waals surface area contributed by atoms with Crippen LogP contribution in [0.4, 0.5) is 0 Å². The number of hydrogen-bond acceptors (Lipinski definition) is 1. The molecule has 0 saturated heterocycles. The van der Waals surface area contributed by atoms with Gasteiger partial charge in [-0.3, -0.25) is 0 Å². The molecule has 1 saturated carbocycles. The van der Waals surface area contributed by atoms with E-state index in [4.69, 9.17) is 23.2 Å². The zero-order chi connectivity index (χ0) is 12.3. The fraction of sp³-hybridized carbons (Fsp3) is 0.571. The first-order valence-electron chi connectivity index (χ1n) is 6.32. The summed E-state index contributed by atoms with van der Waals surface area (Å²) in [5.74, 6) is 0.713. The zero-order valence-electron chi connectivity index (χ0n) is 10.2. The number of halogens is 2. The predicted octanol–water partition coefficient (Wildman–Crippen LogP) is 4.31. The second-order valence-electron chi connectivity index (χ2n) is 5.07. The number of aryl methyl sites for hydroxylation is 1. The Bertz CT molecular complexity index is 374. The highest BCUT2D eigenvalue weighted by Gasteiger charge is 2.20. The van der Waals surface area contributed by atoms with Crippen molar-refractivity contribution < 1.29 is 0 Å². The summed E-state index contributed by atoms with van der Waals surface area (Å²) in [5, 5.41) is 4.86. The number of rotatable bonds is 6. The maximum atomic E-state index is 6.00. The van der Waals surface area contributed by atoms with Crippen LogP contribution >= 0.6 is 23.2 Å². The summed E-state index contributed by atoms with van der Waals surface area (Å²) in [6, 6.07) is 6.73. The van der Waals surface area contributed by atoms with Gasteiger partial charge in [-0.1, -0.05) is 36.2 Å². The minimum absolute atomic E-state index is 0.638. The summed E-state index contributed by atoms with van der Waals surface area (Å²) in [6.07, 6.45) is 4.99. The summed E-state index contributed by atoms with van der Waals surface area (Å²) in [4.78, 5) is 0. The molecule has 0 heterocycles. The Kier molecular flexibility index (Phi) is 4.72. The van der Waals surface area contributed by atoms with E-state index in [1.54, 1.807) is 0 Å². The Morgan fingerprint density at radius 1 is 1.29 bits per heavy atom. The van der Waals surface area contributed by atoms with Crippen molar-refractivity contribution in [2.45, 2.75) is 38.6 Å². The van der Waals surface area contributed by atoms with Crippen molar-refractivity contribution in [1.82, 2.24) is 5.32 Å². The molecule has 0 bridgehead atoms. The number of hydrogen-bond donors (Lipinski definition) is 1. The summed E-state index contributed by atoms with van der Waals surface area (Å²) in [5.41, 5.74) is 1.28. The summed E-state index contributed by atoms with van der Waals surface area (Å²) < 4.78 is 0. The first kappa shape index (κ1) is 13.2.